The van der Waals surface area contributed by atoms with Crippen LogP contribution in [0.15, 0.2) is 89.3 Å². The Kier molecular flexibility index (Phi) is 4.50. The Morgan fingerprint density at radius 2 is 1.38 bits per heavy atom. The Bertz CT molecular complexity index is 1700. The van der Waals surface area contributed by atoms with Crippen LogP contribution in [0.5, 0.6) is 0 Å². The van der Waals surface area contributed by atoms with E-state index in [0.717, 1.165) is 11.2 Å². The van der Waals surface area contributed by atoms with Gasteiger partial charge in [0, 0.05) is 28.0 Å². The lowest BCUT2D eigenvalue weighted by molar-refractivity contribution is 0.590. The molecular weight excluding hydrogens is 449 g/mol. The van der Waals surface area contributed by atoms with Gasteiger partial charge in [0.2, 0.25) is 0 Å². The molecule has 2 nitrogen and oxygen atoms in total. The van der Waals surface area contributed by atoms with Crippen molar-refractivity contribution in [3.63, 3.8) is 0 Å². The fourth-order valence-electron chi connectivity index (χ4n) is 6.22. The van der Waals surface area contributed by atoms with E-state index in [-0.39, 0.29) is 17.5 Å². The van der Waals surface area contributed by atoms with Gasteiger partial charge in [0.05, 0.1) is 5.66 Å². The van der Waals surface area contributed by atoms with E-state index in [1.807, 2.05) is 0 Å². The molecule has 182 valence electrons. The summed E-state index contributed by atoms with van der Waals surface area (Å²) in [7, 11) is 0. The molecular formula is C34H32BNO. The number of anilines is 3. The molecule has 3 heterocycles. The predicted octanol–water partition coefficient (Wildman–Crippen LogP) is 7.31. The summed E-state index contributed by atoms with van der Waals surface area (Å²) in [5.41, 5.74) is 13.8. The average molecular weight is 481 g/mol. The lowest BCUT2D eigenvalue weighted by Crippen LogP contribution is -2.54. The molecule has 1 aromatic heterocycles. The van der Waals surface area contributed by atoms with E-state index in [1.54, 1.807) is 0 Å². The van der Waals surface area contributed by atoms with Gasteiger partial charge in [-0.25, -0.2) is 0 Å². The van der Waals surface area contributed by atoms with Gasteiger partial charge in [-0.3, -0.25) is 0 Å². The molecule has 0 radical (unpaired) electrons. The third kappa shape index (κ3) is 3.19. The maximum atomic E-state index is 6.64. The standard InChI is InChI=1S/C34H32BNO/c1-33(2,3)21-14-17-23(18-15-21)36-27-19-16-22(34(4,5)6)20-26(27)35-31-25(11-9-12-28(31)36)30-24-10-7-8-13-29(24)37-32(30)35/h7-20H,1-6H3. The number of fused-ring (bicyclic) bond motifs is 7. The Morgan fingerprint density at radius 3 is 2.11 bits per heavy atom. The first-order valence-corrected chi connectivity index (χ1v) is 13.3. The van der Waals surface area contributed by atoms with Gasteiger partial charge < -0.3 is 9.32 Å². The predicted molar refractivity (Wildman–Crippen MR) is 158 cm³/mol. The number of hydrogen-bond acceptors (Lipinski definition) is 2. The van der Waals surface area contributed by atoms with Crippen molar-refractivity contribution in [2.45, 2.75) is 52.4 Å². The van der Waals surface area contributed by atoms with Crippen molar-refractivity contribution in [1.82, 2.24) is 0 Å². The molecule has 4 aromatic carbocycles. The summed E-state index contributed by atoms with van der Waals surface area (Å²) in [5.74, 6) is 0. The third-order valence-electron chi connectivity index (χ3n) is 8.20. The Balaban J connectivity index is 1.53. The van der Waals surface area contributed by atoms with Gasteiger partial charge in [-0.2, -0.15) is 0 Å². The third-order valence-corrected chi connectivity index (χ3v) is 8.20. The van der Waals surface area contributed by atoms with E-state index in [0.29, 0.717) is 0 Å². The van der Waals surface area contributed by atoms with Crippen LogP contribution in [0.1, 0.15) is 52.7 Å². The summed E-state index contributed by atoms with van der Waals surface area (Å²) in [6.07, 6.45) is 0. The molecule has 0 amide bonds. The van der Waals surface area contributed by atoms with Gasteiger partial charge in [0.1, 0.15) is 5.58 Å². The second-order valence-corrected chi connectivity index (χ2v) is 12.7. The summed E-state index contributed by atoms with van der Waals surface area (Å²) in [6.45, 7) is 13.8. The molecule has 2 aliphatic heterocycles. The highest BCUT2D eigenvalue weighted by Gasteiger charge is 2.46. The molecule has 0 saturated heterocycles. The SMILES string of the molecule is CC(C)(C)c1ccc(N2c3ccc(C(C)(C)C)cc3B3c4oc5ccccc5c4-c4cccc2c43)cc1. The van der Waals surface area contributed by atoms with Gasteiger partial charge in [-0.1, -0.05) is 96.1 Å². The number of hydrogen-bond donors (Lipinski definition) is 0. The second kappa shape index (κ2) is 7.41. The van der Waals surface area contributed by atoms with Crippen LogP contribution in [0, 0.1) is 0 Å². The zero-order valence-electron chi connectivity index (χ0n) is 22.5. The smallest absolute Gasteiger partial charge is 0.293 e. The van der Waals surface area contributed by atoms with E-state index < -0.39 is 0 Å². The van der Waals surface area contributed by atoms with Crippen LogP contribution in [0.25, 0.3) is 22.1 Å². The molecule has 0 saturated carbocycles. The lowest BCUT2D eigenvalue weighted by atomic mass is 9.39. The van der Waals surface area contributed by atoms with E-state index >= 15 is 0 Å². The molecule has 3 heteroatoms. The minimum atomic E-state index is 0.0589. The maximum absolute atomic E-state index is 6.64. The first kappa shape index (κ1) is 22.5. The largest absolute Gasteiger partial charge is 0.470 e. The van der Waals surface area contributed by atoms with Crippen molar-refractivity contribution < 1.29 is 4.42 Å². The van der Waals surface area contributed by atoms with E-state index in [9.17, 15) is 0 Å². The van der Waals surface area contributed by atoms with Crippen LogP contribution in [0.4, 0.5) is 17.1 Å². The molecule has 5 aromatic rings. The molecule has 0 spiro atoms. The number of para-hydroxylation sites is 1. The molecule has 0 fully saturated rings. The van der Waals surface area contributed by atoms with Gasteiger partial charge >= 0.3 is 0 Å². The summed E-state index contributed by atoms with van der Waals surface area (Å²) in [6, 6.07) is 31.4. The fraction of sp³-hybridized carbons (Fsp3) is 0.235. The summed E-state index contributed by atoms with van der Waals surface area (Å²) in [5, 5.41) is 1.20. The molecule has 0 atom stereocenters. The van der Waals surface area contributed by atoms with Crippen LogP contribution in [-0.4, -0.2) is 6.71 Å². The quantitative estimate of drug-likeness (QED) is 0.229. The zero-order valence-corrected chi connectivity index (χ0v) is 22.5. The highest BCUT2D eigenvalue weighted by atomic mass is 16.3. The van der Waals surface area contributed by atoms with Crippen molar-refractivity contribution in [2.24, 2.45) is 0 Å². The summed E-state index contributed by atoms with van der Waals surface area (Å²) < 4.78 is 6.64. The number of nitrogens with zero attached hydrogens (tertiary/aromatic N) is 1. The average Bonchev–Trinajstić information content (AvgIpc) is 3.39. The molecule has 0 aliphatic carbocycles. The Morgan fingerprint density at radius 1 is 0.676 bits per heavy atom. The lowest BCUT2D eigenvalue weighted by Gasteiger charge is -2.36. The normalized spacial score (nSPS) is 14.1. The molecule has 2 aliphatic rings. The van der Waals surface area contributed by atoms with E-state index in [4.69, 9.17) is 4.42 Å². The Hall–Kier alpha value is -3.72. The topological polar surface area (TPSA) is 16.4 Å². The van der Waals surface area contributed by atoms with Gasteiger partial charge in [-0.15, -0.1) is 0 Å². The number of benzene rings is 4. The Labute approximate surface area is 220 Å². The summed E-state index contributed by atoms with van der Waals surface area (Å²) in [4.78, 5) is 2.46. The molecule has 0 bridgehead atoms. The number of rotatable bonds is 1. The zero-order chi connectivity index (χ0) is 25.7. The van der Waals surface area contributed by atoms with E-state index in [1.165, 1.54) is 55.6 Å². The van der Waals surface area contributed by atoms with Crippen molar-refractivity contribution in [1.29, 1.82) is 0 Å². The maximum Gasteiger partial charge on any atom is 0.293 e. The minimum Gasteiger partial charge on any atom is -0.470 e. The monoisotopic (exact) mass is 481 g/mol. The minimum absolute atomic E-state index is 0.0589. The van der Waals surface area contributed by atoms with Crippen molar-refractivity contribution >= 4 is 51.3 Å². The van der Waals surface area contributed by atoms with Crippen LogP contribution in [0.3, 0.4) is 0 Å². The van der Waals surface area contributed by atoms with Crippen LogP contribution >= 0.6 is 0 Å². The van der Waals surface area contributed by atoms with Gasteiger partial charge in [0.25, 0.3) is 6.71 Å². The first-order chi connectivity index (χ1) is 17.6. The highest BCUT2D eigenvalue weighted by Crippen LogP contribution is 2.43. The molecule has 0 unspecified atom stereocenters. The van der Waals surface area contributed by atoms with Gasteiger partial charge in [-0.05, 0) is 68.8 Å². The highest BCUT2D eigenvalue weighted by molar-refractivity contribution is 7.01. The molecule has 7 rings (SSSR count). The molecule has 37 heavy (non-hydrogen) atoms. The van der Waals surface area contributed by atoms with Crippen molar-refractivity contribution in [3.8, 4) is 11.1 Å². The molecule has 0 N–H and O–H groups in total. The summed E-state index contributed by atoms with van der Waals surface area (Å²) >= 11 is 0. The van der Waals surface area contributed by atoms with Crippen LogP contribution in [0.2, 0.25) is 0 Å². The second-order valence-electron chi connectivity index (χ2n) is 12.7. The first-order valence-electron chi connectivity index (χ1n) is 13.3. The van der Waals surface area contributed by atoms with Crippen LogP contribution < -0.4 is 21.5 Å². The van der Waals surface area contributed by atoms with Crippen molar-refractivity contribution in [2.75, 3.05) is 4.90 Å². The van der Waals surface area contributed by atoms with Crippen molar-refractivity contribution in [3.05, 3.63) is 96.1 Å². The van der Waals surface area contributed by atoms with E-state index in [2.05, 4.69) is 131 Å². The van der Waals surface area contributed by atoms with Gasteiger partial charge in [0.15, 0.2) is 0 Å². The fourth-order valence-corrected chi connectivity index (χ4v) is 6.22. The van der Waals surface area contributed by atoms with Crippen LogP contribution in [-0.2, 0) is 10.8 Å². The number of furan rings is 1.